The summed E-state index contributed by atoms with van der Waals surface area (Å²) >= 11 is 0. The molecular weight excluding hydrogens is 358 g/mol. The van der Waals surface area contributed by atoms with Gasteiger partial charge in [-0.25, -0.2) is 9.78 Å². The van der Waals surface area contributed by atoms with Gasteiger partial charge < -0.3 is 19.8 Å². The number of nitrogens with zero attached hydrogens (tertiary/aromatic N) is 3. The van der Waals surface area contributed by atoms with Gasteiger partial charge in [-0.1, -0.05) is 0 Å². The maximum Gasteiger partial charge on any atom is 0.319 e. The number of carbonyl (C=O) groups is 1. The van der Waals surface area contributed by atoms with Gasteiger partial charge in [-0.05, 0) is 44.0 Å². The molecule has 1 saturated heterocycles. The molecule has 2 amide bonds. The summed E-state index contributed by atoms with van der Waals surface area (Å²) in [5.74, 6) is 0.813. The lowest BCUT2D eigenvalue weighted by Crippen LogP contribution is -2.37. The van der Waals surface area contributed by atoms with E-state index in [0.29, 0.717) is 23.7 Å². The molecule has 0 aliphatic carbocycles. The molecule has 2 aromatic heterocycles. The second-order valence-corrected chi connectivity index (χ2v) is 7.02. The van der Waals surface area contributed by atoms with Crippen molar-refractivity contribution in [3.63, 3.8) is 0 Å². The number of benzene rings is 1. The van der Waals surface area contributed by atoms with Crippen LogP contribution in [0.5, 0.6) is 0 Å². The molecule has 1 aromatic carbocycles. The van der Waals surface area contributed by atoms with Gasteiger partial charge in [-0.2, -0.15) is 5.10 Å². The molecule has 2 atom stereocenters. The van der Waals surface area contributed by atoms with Crippen molar-refractivity contribution in [3.8, 4) is 0 Å². The van der Waals surface area contributed by atoms with Crippen LogP contribution >= 0.6 is 0 Å². The van der Waals surface area contributed by atoms with E-state index in [1.807, 2.05) is 16.8 Å². The Labute approximate surface area is 163 Å². The van der Waals surface area contributed by atoms with E-state index in [4.69, 9.17) is 9.15 Å². The van der Waals surface area contributed by atoms with Crippen LogP contribution in [0.1, 0.15) is 37.5 Å². The predicted molar refractivity (Wildman–Crippen MR) is 105 cm³/mol. The van der Waals surface area contributed by atoms with E-state index in [1.54, 1.807) is 25.3 Å². The SMILES string of the molecule is CCn1nccc1[C@@H]1OCCC[C@H]1CNC(=O)Nc1ccc2oc(C)nc2c1. The molecule has 8 nitrogen and oxygen atoms in total. The zero-order chi connectivity index (χ0) is 19.5. The first-order valence-corrected chi connectivity index (χ1v) is 9.69. The number of aryl methyl sites for hydroxylation is 2. The fraction of sp³-hybridized carbons (Fsp3) is 0.450. The molecule has 8 heteroatoms. The first-order valence-electron chi connectivity index (χ1n) is 9.69. The van der Waals surface area contributed by atoms with Crippen LogP contribution in [0, 0.1) is 12.8 Å². The van der Waals surface area contributed by atoms with E-state index in [-0.39, 0.29) is 18.1 Å². The van der Waals surface area contributed by atoms with Crippen molar-refractivity contribution in [1.82, 2.24) is 20.1 Å². The van der Waals surface area contributed by atoms with Crippen LogP contribution in [0.15, 0.2) is 34.9 Å². The van der Waals surface area contributed by atoms with Gasteiger partial charge in [0.15, 0.2) is 11.5 Å². The molecule has 0 spiro atoms. The van der Waals surface area contributed by atoms with Crippen molar-refractivity contribution < 1.29 is 13.9 Å². The number of fused-ring (bicyclic) bond motifs is 1. The van der Waals surface area contributed by atoms with E-state index < -0.39 is 0 Å². The lowest BCUT2D eigenvalue weighted by atomic mass is 9.92. The maximum absolute atomic E-state index is 12.4. The van der Waals surface area contributed by atoms with Crippen molar-refractivity contribution in [2.24, 2.45) is 5.92 Å². The van der Waals surface area contributed by atoms with Crippen LogP contribution in [0.4, 0.5) is 10.5 Å². The number of ether oxygens (including phenoxy) is 1. The Bertz CT molecular complexity index is 964. The van der Waals surface area contributed by atoms with Gasteiger partial charge in [0.05, 0.1) is 5.69 Å². The summed E-state index contributed by atoms with van der Waals surface area (Å²) in [6, 6.07) is 7.17. The summed E-state index contributed by atoms with van der Waals surface area (Å²) in [6.07, 6.45) is 3.75. The molecule has 1 aliphatic rings. The number of rotatable bonds is 5. The molecule has 3 aromatic rings. The first-order chi connectivity index (χ1) is 13.6. The highest BCUT2D eigenvalue weighted by Crippen LogP contribution is 2.33. The largest absolute Gasteiger partial charge is 0.441 e. The highest BCUT2D eigenvalue weighted by Gasteiger charge is 2.30. The molecule has 148 valence electrons. The Balaban J connectivity index is 1.38. The Morgan fingerprint density at radius 3 is 3.11 bits per heavy atom. The van der Waals surface area contributed by atoms with Crippen molar-refractivity contribution >= 4 is 22.8 Å². The number of anilines is 1. The second-order valence-electron chi connectivity index (χ2n) is 7.02. The third kappa shape index (κ3) is 3.87. The van der Waals surface area contributed by atoms with E-state index >= 15 is 0 Å². The zero-order valence-corrected chi connectivity index (χ0v) is 16.1. The van der Waals surface area contributed by atoms with Crippen LogP contribution < -0.4 is 10.6 Å². The molecule has 0 radical (unpaired) electrons. The van der Waals surface area contributed by atoms with Gasteiger partial charge in [-0.3, -0.25) is 4.68 Å². The van der Waals surface area contributed by atoms with Gasteiger partial charge in [0, 0.05) is 44.4 Å². The van der Waals surface area contributed by atoms with Crippen LogP contribution in [-0.2, 0) is 11.3 Å². The fourth-order valence-corrected chi connectivity index (χ4v) is 3.75. The molecule has 28 heavy (non-hydrogen) atoms. The lowest BCUT2D eigenvalue weighted by Gasteiger charge is -2.32. The summed E-state index contributed by atoms with van der Waals surface area (Å²) in [6.45, 7) is 5.93. The van der Waals surface area contributed by atoms with Gasteiger partial charge in [-0.15, -0.1) is 0 Å². The molecule has 2 N–H and O–H groups in total. The lowest BCUT2D eigenvalue weighted by molar-refractivity contribution is -0.0317. The predicted octanol–water partition coefficient (Wildman–Crippen LogP) is 3.64. The Morgan fingerprint density at radius 1 is 1.36 bits per heavy atom. The maximum atomic E-state index is 12.4. The summed E-state index contributed by atoms with van der Waals surface area (Å²) in [5.41, 5.74) is 3.18. The number of aromatic nitrogens is 3. The van der Waals surface area contributed by atoms with Crippen molar-refractivity contribution in [2.45, 2.75) is 39.3 Å². The topological polar surface area (TPSA) is 94.2 Å². The standard InChI is InChI=1S/C20H25N5O3/c1-3-25-17(8-9-22-25)19-14(5-4-10-27-19)12-21-20(26)24-15-6-7-18-16(11-15)23-13(2)28-18/h6-9,11,14,19H,3-5,10,12H2,1-2H3,(H2,21,24,26)/t14-,19+/m0/s1. The molecule has 1 aliphatic heterocycles. The van der Waals surface area contributed by atoms with Gasteiger partial charge in [0.1, 0.15) is 11.6 Å². The summed E-state index contributed by atoms with van der Waals surface area (Å²) < 4.78 is 13.4. The van der Waals surface area contributed by atoms with E-state index in [1.165, 1.54) is 0 Å². The summed E-state index contributed by atoms with van der Waals surface area (Å²) in [7, 11) is 0. The highest BCUT2D eigenvalue weighted by molar-refractivity contribution is 5.91. The van der Waals surface area contributed by atoms with Gasteiger partial charge in [0.25, 0.3) is 0 Å². The van der Waals surface area contributed by atoms with E-state index in [9.17, 15) is 4.79 Å². The average molecular weight is 383 g/mol. The van der Waals surface area contributed by atoms with Crippen molar-refractivity contribution in [3.05, 3.63) is 42.0 Å². The third-order valence-corrected chi connectivity index (χ3v) is 5.06. The molecular formula is C20H25N5O3. The van der Waals surface area contributed by atoms with Crippen LogP contribution in [-0.4, -0.2) is 33.9 Å². The zero-order valence-electron chi connectivity index (χ0n) is 16.1. The number of amides is 2. The van der Waals surface area contributed by atoms with Crippen molar-refractivity contribution in [1.29, 1.82) is 0 Å². The quantitative estimate of drug-likeness (QED) is 0.701. The minimum Gasteiger partial charge on any atom is -0.441 e. The minimum absolute atomic E-state index is 0.0500. The number of carbonyl (C=O) groups excluding carboxylic acids is 1. The van der Waals surface area contributed by atoms with Gasteiger partial charge in [0.2, 0.25) is 0 Å². The molecule has 1 fully saturated rings. The fourth-order valence-electron chi connectivity index (χ4n) is 3.75. The number of nitrogens with one attached hydrogen (secondary N) is 2. The molecule has 3 heterocycles. The Morgan fingerprint density at radius 2 is 2.25 bits per heavy atom. The van der Waals surface area contributed by atoms with E-state index in [0.717, 1.165) is 37.2 Å². The molecule has 0 saturated carbocycles. The summed E-state index contributed by atoms with van der Waals surface area (Å²) in [4.78, 5) is 16.7. The highest BCUT2D eigenvalue weighted by atomic mass is 16.5. The second kappa shape index (κ2) is 8.02. The van der Waals surface area contributed by atoms with Crippen LogP contribution in [0.25, 0.3) is 11.1 Å². The smallest absolute Gasteiger partial charge is 0.319 e. The average Bonchev–Trinajstić information content (AvgIpc) is 3.31. The monoisotopic (exact) mass is 383 g/mol. The van der Waals surface area contributed by atoms with Crippen LogP contribution in [0.2, 0.25) is 0 Å². The Kier molecular flexibility index (Phi) is 5.29. The minimum atomic E-state index is -0.243. The van der Waals surface area contributed by atoms with Crippen molar-refractivity contribution in [2.75, 3.05) is 18.5 Å². The summed E-state index contributed by atoms with van der Waals surface area (Å²) in [5, 5.41) is 10.2. The molecule has 0 unspecified atom stereocenters. The number of hydrogen-bond donors (Lipinski definition) is 2. The molecule has 4 rings (SSSR count). The number of urea groups is 1. The normalized spacial score (nSPS) is 19.6. The van der Waals surface area contributed by atoms with Gasteiger partial charge >= 0.3 is 6.03 Å². The third-order valence-electron chi connectivity index (χ3n) is 5.06. The van der Waals surface area contributed by atoms with Crippen LogP contribution in [0.3, 0.4) is 0 Å². The first kappa shape index (κ1) is 18.5. The van der Waals surface area contributed by atoms with E-state index in [2.05, 4.69) is 27.6 Å². The number of oxazole rings is 1. The Hall–Kier alpha value is -2.87. The number of hydrogen-bond acceptors (Lipinski definition) is 5. The molecule has 0 bridgehead atoms.